The maximum Gasteiger partial charge on any atom is 0.182 e. The molecule has 0 unspecified atom stereocenters. The van der Waals surface area contributed by atoms with E-state index in [1.807, 2.05) is 0 Å². The third kappa shape index (κ3) is 1.05. The molecular formula is C5H3BN4. The van der Waals surface area contributed by atoms with Gasteiger partial charge in [-0.25, -0.2) is 9.97 Å². The third-order valence-corrected chi connectivity index (χ3v) is 0.924. The summed E-state index contributed by atoms with van der Waals surface area (Å²) in [5.41, 5.74) is 5.58. The van der Waals surface area contributed by atoms with Gasteiger partial charge in [-0.1, -0.05) is 0 Å². The van der Waals surface area contributed by atoms with E-state index in [0.29, 0.717) is 0 Å². The zero-order chi connectivity index (χ0) is 7.56. The molecule has 0 bridgehead atoms. The lowest BCUT2D eigenvalue weighted by Crippen LogP contribution is -2.13. The summed E-state index contributed by atoms with van der Waals surface area (Å²) in [6.07, 6.45) is 1.29. The molecule has 0 saturated carbocycles. The molecule has 4 nitrogen and oxygen atoms in total. The minimum Gasteiger partial charge on any atom is -0.381 e. The van der Waals surface area contributed by atoms with Gasteiger partial charge in [0.25, 0.3) is 0 Å². The van der Waals surface area contributed by atoms with Gasteiger partial charge >= 0.3 is 0 Å². The van der Waals surface area contributed by atoms with Crippen LogP contribution >= 0.6 is 0 Å². The molecule has 5 heteroatoms. The van der Waals surface area contributed by atoms with Crippen LogP contribution in [-0.2, 0) is 0 Å². The highest BCUT2D eigenvalue weighted by atomic mass is 14.9. The second-order valence-electron chi connectivity index (χ2n) is 1.64. The summed E-state index contributed by atoms with van der Waals surface area (Å²) in [5, 5.41) is 8.34. The van der Waals surface area contributed by atoms with Gasteiger partial charge in [-0.3, -0.25) is 0 Å². The van der Waals surface area contributed by atoms with Crippen LogP contribution in [0.15, 0.2) is 6.20 Å². The number of nitrogen functional groups attached to an aromatic ring is 1. The highest BCUT2D eigenvalue weighted by Gasteiger charge is 1.98. The fourth-order valence-corrected chi connectivity index (χ4v) is 0.504. The number of nitrogens with two attached hydrogens (primary N) is 1. The molecule has 2 radical (unpaired) electrons. The van der Waals surface area contributed by atoms with Gasteiger partial charge < -0.3 is 5.73 Å². The minimum absolute atomic E-state index is 0.0718. The highest BCUT2D eigenvalue weighted by molar-refractivity contribution is 6.30. The molecule has 46 valence electrons. The van der Waals surface area contributed by atoms with E-state index in [2.05, 4.69) is 9.97 Å². The van der Waals surface area contributed by atoms with Gasteiger partial charge in [-0.05, 0) is 0 Å². The number of hydrogen-bond donors (Lipinski definition) is 1. The quantitative estimate of drug-likeness (QED) is 0.444. The Hall–Kier alpha value is -1.57. The second-order valence-corrected chi connectivity index (χ2v) is 1.64. The molecule has 0 aliphatic rings. The SMILES string of the molecule is [B]c1cnc(C#N)c(N)n1. The monoisotopic (exact) mass is 130 g/mol. The first kappa shape index (κ1) is 6.55. The predicted octanol–water partition coefficient (Wildman–Crippen LogP) is -1.28. The Morgan fingerprint density at radius 1 is 1.70 bits per heavy atom. The summed E-state index contributed by atoms with van der Waals surface area (Å²) >= 11 is 0. The smallest absolute Gasteiger partial charge is 0.182 e. The molecule has 0 spiro atoms. The van der Waals surface area contributed by atoms with E-state index in [-0.39, 0.29) is 17.1 Å². The highest BCUT2D eigenvalue weighted by Crippen LogP contribution is 1.96. The van der Waals surface area contributed by atoms with Crippen LogP contribution < -0.4 is 11.3 Å². The van der Waals surface area contributed by atoms with Crippen LogP contribution in [0.5, 0.6) is 0 Å². The van der Waals surface area contributed by atoms with Crippen molar-refractivity contribution < 1.29 is 0 Å². The van der Waals surface area contributed by atoms with E-state index in [0.717, 1.165) is 0 Å². The van der Waals surface area contributed by atoms with E-state index in [4.69, 9.17) is 18.8 Å². The lowest BCUT2D eigenvalue weighted by molar-refractivity contribution is 1.21. The van der Waals surface area contributed by atoms with Crippen LogP contribution in [0.1, 0.15) is 5.69 Å². The van der Waals surface area contributed by atoms with Gasteiger partial charge in [-0.15, -0.1) is 0 Å². The maximum atomic E-state index is 8.34. The average molecular weight is 130 g/mol. The molecule has 0 amide bonds. The van der Waals surface area contributed by atoms with Crippen molar-refractivity contribution in [2.45, 2.75) is 0 Å². The number of rotatable bonds is 0. The Labute approximate surface area is 59.1 Å². The number of anilines is 1. The molecule has 10 heavy (non-hydrogen) atoms. The van der Waals surface area contributed by atoms with Crippen molar-refractivity contribution in [1.82, 2.24) is 9.97 Å². The lowest BCUT2D eigenvalue weighted by Gasteiger charge is -1.94. The van der Waals surface area contributed by atoms with E-state index in [9.17, 15) is 0 Å². The second kappa shape index (κ2) is 2.35. The number of nitrogens with zero attached hydrogens (tertiary/aromatic N) is 3. The van der Waals surface area contributed by atoms with Crippen molar-refractivity contribution in [1.29, 1.82) is 5.26 Å². The molecule has 0 atom stereocenters. The molecule has 0 aromatic carbocycles. The molecule has 1 rings (SSSR count). The van der Waals surface area contributed by atoms with Crippen LogP contribution in [0, 0.1) is 11.3 Å². The molecule has 0 fully saturated rings. The summed E-state index contributed by atoms with van der Waals surface area (Å²) in [6.45, 7) is 0. The Bertz CT molecular complexity index is 290. The van der Waals surface area contributed by atoms with Gasteiger partial charge in [0.2, 0.25) is 0 Å². The van der Waals surface area contributed by atoms with E-state index in [1.54, 1.807) is 6.07 Å². The van der Waals surface area contributed by atoms with Gasteiger partial charge in [0, 0.05) is 11.8 Å². The van der Waals surface area contributed by atoms with Gasteiger partial charge in [0.05, 0.1) is 0 Å². The zero-order valence-corrected chi connectivity index (χ0v) is 5.07. The molecule has 1 heterocycles. The molecular weight excluding hydrogens is 127 g/mol. The topological polar surface area (TPSA) is 75.6 Å². The van der Waals surface area contributed by atoms with Gasteiger partial charge in [0.1, 0.15) is 13.9 Å². The third-order valence-electron chi connectivity index (χ3n) is 0.924. The first-order valence-corrected chi connectivity index (χ1v) is 2.52. The van der Waals surface area contributed by atoms with Crippen molar-refractivity contribution >= 4 is 19.3 Å². The van der Waals surface area contributed by atoms with Crippen molar-refractivity contribution in [2.75, 3.05) is 5.73 Å². The molecule has 2 N–H and O–H groups in total. The van der Waals surface area contributed by atoms with Crippen LogP contribution in [0.3, 0.4) is 0 Å². The summed E-state index contributed by atoms with van der Waals surface area (Å²) in [6, 6.07) is 1.77. The first-order valence-electron chi connectivity index (χ1n) is 2.52. The van der Waals surface area contributed by atoms with Crippen LogP contribution in [0.25, 0.3) is 0 Å². The molecule has 0 aliphatic carbocycles. The molecule has 0 saturated heterocycles. The fourth-order valence-electron chi connectivity index (χ4n) is 0.504. The van der Waals surface area contributed by atoms with Crippen LogP contribution in [0.4, 0.5) is 5.82 Å². The predicted molar refractivity (Wildman–Crippen MR) is 36.5 cm³/mol. The number of hydrogen-bond acceptors (Lipinski definition) is 4. The molecule has 0 aliphatic heterocycles. The summed E-state index contributed by atoms with van der Waals surface area (Å²) < 4.78 is 0. The standard InChI is InChI=1S/C5H3BN4/c6-4-2-9-3(1-7)5(8)10-4/h2H,(H2,8,10). The van der Waals surface area contributed by atoms with Crippen molar-refractivity contribution in [3.63, 3.8) is 0 Å². The minimum atomic E-state index is 0.0718. The normalized spacial score (nSPS) is 8.70. The van der Waals surface area contributed by atoms with Crippen molar-refractivity contribution in [2.24, 2.45) is 0 Å². The zero-order valence-electron chi connectivity index (χ0n) is 5.07. The largest absolute Gasteiger partial charge is 0.381 e. The Balaban J connectivity index is 3.23. The molecule has 1 aromatic heterocycles. The van der Waals surface area contributed by atoms with Crippen LogP contribution in [-0.4, -0.2) is 17.8 Å². The summed E-state index contributed by atoms with van der Waals surface area (Å²) in [7, 11) is 5.22. The fraction of sp³-hybridized carbons (Fsp3) is 0. The number of aromatic nitrogens is 2. The Kier molecular flexibility index (Phi) is 1.54. The van der Waals surface area contributed by atoms with E-state index in [1.165, 1.54) is 6.20 Å². The average Bonchev–Trinajstić information content (AvgIpc) is 1.88. The number of nitriles is 1. The van der Waals surface area contributed by atoms with E-state index < -0.39 is 0 Å². The molecule has 1 aromatic rings. The van der Waals surface area contributed by atoms with Crippen molar-refractivity contribution in [3.05, 3.63) is 11.9 Å². The first-order chi connectivity index (χ1) is 4.74. The van der Waals surface area contributed by atoms with Crippen molar-refractivity contribution in [3.8, 4) is 6.07 Å². The summed E-state index contributed by atoms with van der Waals surface area (Å²) in [4.78, 5) is 7.24. The maximum absolute atomic E-state index is 8.34. The van der Waals surface area contributed by atoms with Crippen LogP contribution in [0.2, 0.25) is 0 Å². The summed E-state index contributed by atoms with van der Waals surface area (Å²) in [5.74, 6) is 0.0718. The van der Waals surface area contributed by atoms with Gasteiger partial charge in [-0.2, -0.15) is 5.26 Å². The Morgan fingerprint density at radius 3 is 2.90 bits per heavy atom. The van der Waals surface area contributed by atoms with E-state index >= 15 is 0 Å². The van der Waals surface area contributed by atoms with Gasteiger partial charge in [0.15, 0.2) is 11.5 Å². The Morgan fingerprint density at radius 2 is 2.40 bits per heavy atom. The lowest BCUT2D eigenvalue weighted by atomic mass is 10.1.